The van der Waals surface area contributed by atoms with Gasteiger partial charge in [-0.3, -0.25) is 0 Å². The highest BCUT2D eigenvalue weighted by Crippen LogP contribution is 2.27. The van der Waals surface area contributed by atoms with Crippen LogP contribution in [0, 0.1) is 0 Å². The number of halogens is 1. The highest BCUT2D eigenvalue weighted by Gasteiger charge is 2.18. The van der Waals surface area contributed by atoms with Crippen LogP contribution in [0.1, 0.15) is 13.3 Å². The minimum atomic E-state index is -0.171. The molecule has 1 aromatic carbocycles. The summed E-state index contributed by atoms with van der Waals surface area (Å²) in [6, 6.07) is 8.23. The molecule has 0 aromatic heterocycles. The first kappa shape index (κ1) is 14.6. The Balaban J connectivity index is 1.89. The predicted octanol–water partition coefficient (Wildman–Crippen LogP) is 3.65. The molecule has 1 aliphatic heterocycles. The first-order chi connectivity index (χ1) is 9.19. The number of rotatable bonds is 4. The second kappa shape index (κ2) is 7.12. The summed E-state index contributed by atoms with van der Waals surface area (Å²) in [6.07, 6.45) is 2.72. The van der Waals surface area contributed by atoms with Gasteiger partial charge in [-0.1, -0.05) is 22.0 Å². The summed E-state index contributed by atoms with van der Waals surface area (Å²) in [5.41, 5.74) is 0.800. The van der Waals surface area contributed by atoms with Gasteiger partial charge in [0.1, 0.15) is 0 Å². The molecule has 2 rings (SSSR count). The van der Waals surface area contributed by atoms with E-state index >= 15 is 0 Å². The Kier molecular flexibility index (Phi) is 5.48. The molecule has 1 heterocycles. The molecule has 19 heavy (non-hydrogen) atoms. The first-order valence-electron chi connectivity index (χ1n) is 6.23. The second-order valence-corrected chi connectivity index (χ2v) is 6.22. The largest absolute Gasteiger partial charge is 0.463 e. The van der Waals surface area contributed by atoms with E-state index in [0.717, 1.165) is 29.6 Å². The number of nitrogens with zero attached hydrogens (tertiary/aromatic N) is 1. The van der Waals surface area contributed by atoms with Crippen molar-refractivity contribution in [2.24, 2.45) is 0 Å². The van der Waals surface area contributed by atoms with Crippen LogP contribution < -0.4 is 0 Å². The van der Waals surface area contributed by atoms with Crippen molar-refractivity contribution in [3.05, 3.63) is 40.4 Å². The van der Waals surface area contributed by atoms with Crippen LogP contribution in [0.15, 0.2) is 45.3 Å². The highest BCUT2D eigenvalue weighted by atomic mass is 79.9. The fourth-order valence-electron chi connectivity index (χ4n) is 1.79. The van der Waals surface area contributed by atoms with Gasteiger partial charge in [-0.25, -0.2) is 9.10 Å². The summed E-state index contributed by atoms with van der Waals surface area (Å²) < 4.78 is 8.34. The van der Waals surface area contributed by atoms with Gasteiger partial charge in [0.15, 0.2) is 0 Å². The molecule has 0 unspecified atom stereocenters. The summed E-state index contributed by atoms with van der Waals surface area (Å²) >= 11 is 5.14. The topological polar surface area (TPSA) is 29.5 Å². The fraction of sp³-hybridized carbons (Fsp3) is 0.357. The van der Waals surface area contributed by atoms with Crippen molar-refractivity contribution >= 4 is 33.8 Å². The predicted molar refractivity (Wildman–Crippen MR) is 80.9 cm³/mol. The van der Waals surface area contributed by atoms with Crippen molar-refractivity contribution in [1.82, 2.24) is 4.31 Å². The smallest absolute Gasteiger partial charge is 0.333 e. The minimum absolute atomic E-state index is 0.171. The average Bonchev–Trinajstić information content (AvgIpc) is 2.42. The first-order valence-corrected chi connectivity index (χ1v) is 7.80. The van der Waals surface area contributed by atoms with Crippen LogP contribution in [0.5, 0.6) is 0 Å². The molecule has 0 saturated carbocycles. The lowest BCUT2D eigenvalue weighted by molar-refractivity contribution is -0.138. The number of carbonyl (C=O) groups excluding carboxylic acids is 1. The van der Waals surface area contributed by atoms with Crippen LogP contribution in [0.4, 0.5) is 0 Å². The third-order valence-corrected chi connectivity index (χ3v) is 4.36. The van der Waals surface area contributed by atoms with Gasteiger partial charge in [-0.15, -0.1) is 0 Å². The van der Waals surface area contributed by atoms with Gasteiger partial charge in [0, 0.05) is 28.0 Å². The van der Waals surface area contributed by atoms with E-state index in [1.165, 1.54) is 4.90 Å². The van der Waals surface area contributed by atoms with E-state index in [4.69, 9.17) is 4.74 Å². The molecule has 3 nitrogen and oxygen atoms in total. The van der Waals surface area contributed by atoms with Crippen LogP contribution in [0.3, 0.4) is 0 Å². The van der Waals surface area contributed by atoms with Gasteiger partial charge in [0.2, 0.25) is 0 Å². The van der Waals surface area contributed by atoms with E-state index in [0.29, 0.717) is 6.61 Å². The molecule has 5 heteroatoms. The quantitative estimate of drug-likeness (QED) is 0.617. The lowest BCUT2D eigenvalue weighted by Crippen LogP contribution is -2.25. The maximum absolute atomic E-state index is 11.6. The molecule has 1 aliphatic rings. The summed E-state index contributed by atoms with van der Waals surface area (Å²) in [6.45, 7) is 3.91. The van der Waals surface area contributed by atoms with Crippen molar-refractivity contribution in [2.45, 2.75) is 18.2 Å². The molecule has 0 N–H and O–H groups in total. The molecule has 102 valence electrons. The zero-order valence-electron chi connectivity index (χ0n) is 10.8. The van der Waals surface area contributed by atoms with Crippen molar-refractivity contribution in [2.75, 3.05) is 19.7 Å². The SMILES string of the molecule is CCOC(=O)C1=CCN(Sc2ccc(Br)cc2)CC1. The summed E-state index contributed by atoms with van der Waals surface area (Å²) in [5, 5.41) is 0. The van der Waals surface area contributed by atoms with Crippen LogP contribution in [0.25, 0.3) is 0 Å². The summed E-state index contributed by atoms with van der Waals surface area (Å²) in [7, 11) is 0. The summed E-state index contributed by atoms with van der Waals surface area (Å²) in [4.78, 5) is 12.8. The van der Waals surface area contributed by atoms with E-state index in [1.807, 2.05) is 25.1 Å². The van der Waals surface area contributed by atoms with Crippen LogP contribution >= 0.6 is 27.9 Å². The maximum Gasteiger partial charge on any atom is 0.333 e. The van der Waals surface area contributed by atoms with Crippen molar-refractivity contribution < 1.29 is 9.53 Å². The molecule has 0 atom stereocenters. The van der Waals surface area contributed by atoms with Gasteiger partial charge in [0.25, 0.3) is 0 Å². The molecular weight excluding hydrogens is 326 g/mol. The zero-order valence-corrected chi connectivity index (χ0v) is 13.2. The Morgan fingerprint density at radius 2 is 2.16 bits per heavy atom. The van der Waals surface area contributed by atoms with Crippen LogP contribution in [0.2, 0.25) is 0 Å². The standard InChI is InChI=1S/C14H16BrNO2S/c1-2-18-14(17)11-7-9-16(10-8-11)19-13-5-3-12(15)4-6-13/h3-7H,2,8-10H2,1H3. The van der Waals surface area contributed by atoms with Crippen LogP contribution in [-0.2, 0) is 9.53 Å². The molecule has 0 saturated heterocycles. The number of ether oxygens (including phenoxy) is 1. The van der Waals surface area contributed by atoms with E-state index in [2.05, 4.69) is 32.4 Å². The fourth-order valence-corrected chi connectivity index (χ4v) is 2.94. The number of hydrogen-bond donors (Lipinski definition) is 0. The van der Waals surface area contributed by atoms with Gasteiger partial charge in [0.05, 0.1) is 6.61 Å². The number of carbonyl (C=O) groups is 1. The highest BCUT2D eigenvalue weighted by molar-refractivity contribution is 9.10. The number of hydrogen-bond acceptors (Lipinski definition) is 4. The molecule has 1 aromatic rings. The molecule has 0 amide bonds. The van der Waals surface area contributed by atoms with Crippen molar-refractivity contribution in [3.8, 4) is 0 Å². The van der Waals surface area contributed by atoms with Gasteiger partial charge in [-0.2, -0.15) is 0 Å². The Bertz CT molecular complexity index is 473. The minimum Gasteiger partial charge on any atom is -0.463 e. The zero-order chi connectivity index (χ0) is 13.7. The Labute approximate surface area is 126 Å². The second-order valence-electron chi connectivity index (χ2n) is 4.13. The van der Waals surface area contributed by atoms with E-state index in [1.54, 1.807) is 11.9 Å². The maximum atomic E-state index is 11.6. The molecule has 0 fully saturated rings. The lowest BCUT2D eigenvalue weighted by Gasteiger charge is -2.24. The Morgan fingerprint density at radius 1 is 1.42 bits per heavy atom. The number of esters is 1. The van der Waals surface area contributed by atoms with E-state index in [9.17, 15) is 4.79 Å². The van der Waals surface area contributed by atoms with Crippen molar-refractivity contribution in [1.29, 1.82) is 0 Å². The lowest BCUT2D eigenvalue weighted by atomic mass is 10.1. The Hall–Kier alpha value is -0.780. The third kappa shape index (κ3) is 4.37. The molecule has 0 spiro atoms. The summed E-state index contributed by atoms with van der Waals surface area (Å²) in [5.74, 6) is -0.171. The molecular formula is C14H16BrNO2S. The van der Waals surface area contributed by atoms with Gasteiger partial charge < -0.3 is 4.74 Å². The van der Waals surface area contributed by atoms with E-state index < -0.39 is 0 Å². The van der Waals surface area contributed by atoms with Gasteiger partial charge in [-0.05, 0) is 49.6 Å². The number of benzene rings is 1. The monoisotopic (exact) mass is 341 g/mol. The average molecular weight is 342 g/mol. The molecule has 0 bridgehead atoms. The molecule has 0 aliphatic carbocycles. The molecule has 0 radical (unpaired) electrons. The normalized spacial score (nSPS) is 16.0. The van der Waals surface area contributed by atoms with E-state index in [-0.39, 0.29) is 5.97 Å². The van der Waals surface area contributed by atoms with Crippen LogP contribution in [-0.4, -0.2) is 30.0 Å². The van der Waals surface area contributed by atoms with Crippen molar-refractivity contribution in [3.63, 3.8) is 0 Å². The Morgan fingerprint density at radius 3 is 2.74 bits per heavy atom. The van der Waals surface area contributed by atoms with Gasteiger partial charge >= 0.3 is 5.97 Å². The third-order valence-electron chi connectivity index (χ3n) is 2.76.